The third kappa shape index (κ3) is 8.26. The number of nitrogens with one attached hydrogen (secondary N) is 2. The van der Waals surface area contributed by atoms with Crippen molar-refractivity contribution < 1.29 is 19.1 Å². The highest BCUT2D eigenvalue weighted by Gasteiger charge is 2.31. The molecule has 1 atom stereocenters. The van der Waals surface area contributed by atoms with E-state index in [1.807, 2.05) is 63.2 Å². The fourth-order valence-electron chi connectivity index (χ4n) is 4.92. The summed E-state index contributed by atoms with van der Waals surface area (Å²) in [6.07, 6.45) is 2.82. The van der Waals surface area contributed by atoms with Crippen LogP contribution in [0.4, 0.5) is 11.5 Å². The van der Waals surface area contributed by atoms with Gasteiger partial charge >= 0.3 is 5.97 Å². The lowest BCUT2D eigenvalue weighted by Gasteiger charge is -2.24. The standard InChI is InChI=1S/C32H35N5O4S2/c1-32(2,3)41-30(39)15-22-11-12-29(38)37(26-9-5-4-8-24(22)26)18-28-36-25(20-43-28)31(40)35-17-23-14-21(19-42-23)16-34-27-10-6-7-13-33-27/h4-10,13-14,19-20,22H,11-12,15-18H2,1-3H3,(H,33,34)(H,35,40). The molecule has 2 amide bonds. The lowest BCUT2D eigenvalue weighted by Crippen LogP contribution is -2.29. The summed E-state index contributed by atoms with van der Waals surface area (Å²) >= 11 is 2.94. The fraction of sp³-hybridized carbons (Fsp3) is 0.344. The number of nitrogens with zero attached hydrogens (tertiary/aromatic N) is 3. The normalized spacial score (nSPS) is 15.0. The number of para-hydroxylation sites is 1. The van der Waals surface area contributed by atoms with Gasteiger partial charge in [0, 0.05) is 35.1 Å². The molecule has 2 N–H and O–H groups in total. The molecule has 1 aliphatic heterocycles. The van der Waals surface area contributed by atoms with Crippen molar-refractivity contribution >= 4 is 52.0 Å². The van der Waals surface area contributed by atoms with Crippen LogP contribution in [0.25, 0.3) is 0 Å². The van der Waals surface area contributed by atoms with Crippen molar-refractivity contribution in [3.8, 4) is 0 Å². The van der Waals surface area contributed by atoms with Crippen molar-refractivity contribution in [3.05, 3.63) is 92.2 Å². The molecule has 1 aliphatic rings. The number of pyridine rings is 1. The molecule has 43 heavy (non-hydrogen) atoms. The van der Waals surface area contributed by atoms with Crippen LogP contribution in [-0.2, 0) is 34.0 Å². The van der Waals surface area contributed by atoms with Gasteiger partial charge in [0.05, 0.1) is 19.5 Å². The minimum absolute atomic E-state index is 0.0358. The molecule has 1 aromatic carbocycles. The largest absolute Gasteiger partial charge is 0.460 e. The summed E-state index contributed by atoms with van der Waals surface area (Å²) in [5.41, 5.74) is 2.59. The molecule has 0 spiro atoms. The molecule has 0 bridgehead atoms. The van der Waals surface area contributed by atoms with Gasteiger partial charge in [0.1, 0.15) is 22.1 Å². The Morgan fingerprint density at radius 1 is 1.07 bits per heavy atom. The summed E-state index contributed by atoms with van der Waals surface area (Å²) < 4.78 is 5.56. The Morgan fingerprint density at radius 3 is 2.67 bits per heavy atom. The number of ether oxygens (including phenoxy) is 1. The number of carbonyl (C=O) groups is 3. The van der Waals surface area contributed by atoms with Gasteiger partial charge < -0.3 is 20.3 Å². The van der Waals surface area contributed by atoms with Crippen molar-refractivity contribution in [1.29, 1.82) is 0 Å². The maximum Gasteiger partial charge on any atom is 0.306 e. The molecule has 0 fully saturated rings. The summed E-state index contributed by atoms with van der Waals surface area (Å²) in [5.74, 6) is 0.120. The second-order valence-electron chi connectivity index (χ2n) is 11.4. The number of carbonyl (C=O) groups excluding carboxylic acids is 3. The van der Waals surface area contributed by atoms with E-state index in [1.54, 1.807) is 27.8 Å². The molecule has 0 radical (unpaired) electrons. The van der Waals surface area contributed by atoms with E-state index in [4.69, 9.17) is 4.74 Å². The Kier molecular flexibility index (Phi) is 9.52. The van der Waals surface area contributed by atoms with E-state index >= 15 is 0 Å². The quantitative estimate of drug-likeness (QED) is 0.201. The Morgan fingerprint density at radius 2 is 1.88 bits per heavy atom. The average molecular weight is 618 g/mol. The highest BCUT2D eigenvalue weighted by Crippen LogP contribution is 2.38. The molecule has 0 saturated heterocycles. The molecule has 0 saturated carbocycles. The van der Waals surface area contributed by atoms with Gasteiger partial charge in [-0.25, -0.2) is 9.97 Å². The van der Waals surface area contributed by atoms with Gasteiger partial charge in [0.25, 0.3) is 5.91 Å². The summed E-state index contributed by atoms with van der Waals surface area (Å²) in [4.78, 5) is 50.4. The number of esters is 1. The zero-order valence-corrected chi connectivity index (χ0v) is 26.1. The van der Waals surface area contributed by atoms with Crippen molar-refractivity contribution in [3.63, 3.8) is 0 Å². The first kappa shape index (κ1) is 30.4. The SMILES string of the molecule is CC(C)(C)OC(=O)CC1CCC(=O)N(Cc2nc(C(=O)NCc3cc(CNc4ccccn4)cs3)cs2)c2ccccc21. The van der Waals surface area contributed by atoms with Crippen LogP contribution in [0.3, 0.4) is 0 Å². The van der Waals surface area contributed by atoms with E-state index in [1.165, 1.54) is 11.3 Å². The highest BCUT2D eigenvalue weighted by atomic mass is 32.1. The molecule has 4 heterocycles. The maximum absolute atomic E-state index is 13.3. The van der Waals surface area contributed by atoms with Gasteiger partial charge in [-0.2, -0.15) is 0 Å². The van der Waals surface area contributed by atoms with Crippen LogP contribution in [0, 0.1) is 0 Å². The number of benzene rings is 1. The predicted molar refractivity (Wildman–Crippen MR) is 169 cm³/mol. The lowest BCUT2D eigenvalue weighted by atomic mass is 9.91. The number of thiophene rings is 1. The summed E-state index contributed by atoms with van der Waals surface area (Å²) in [6, 6.07) is 15.5. The topological polar surface area (TPSA) is 114 Å². The van der Waals surface area contributed by atoms with Crippen molar-refractivity contribution in [2.24, 2.45) is 0 Å². The first-order chi connectivity index (χ1) is 20.6. The molecule has 3 aromatic heterocycles. The van der Waals surface area contributed by atoms with Crippen LogP contribution in [0.2, 0.25) is 0 Å². The first-order valence-corrected chi connectivity index (χ1v) is 16.0. The molecule has 224 valence electrons. The Bertz CT molecular complexity index is 1580. The maximum atomic E-state index is 13.3. The van der Waals surface area contributed by atoms with Crippen LogP contribution in [-0.4, -0.2) is 33.4 Å². The van der Waals surface area contributed by atoms with E-state index in [0.717, 1.165) is 27.5 Å². The first-order valence-electron chi connectivity index (χ1n) is 14.2. The second kappa shape index (κ2) is 13.5. The van der Waals surface area contributed by atoms with Gasteiger partial charge in [-0.3, -0.25) is 14.4 Å². The molecule has 4 aromatic rings. The van der Waals surface area contributed by atoms with E-state index < -0.39 is 5.60 Å². The zero-order chi connectivity index (χ0) is 30.4. The monoisotopic (exact) mass is 617 g/mol. The zero-order valence-electron chi connectivity index (χ0n) is 24.5. The molecule has 0 aliphatic carbocycles. The van der Waals surface area contributed by atoms with E-state index in [-0.39, 0.29) is 36.7 Å². The Balaban J connectivity index is 1.19. The number of amides is 2. The Hall–Kier alpha value is -4.09. The minimum atomic E-state index is -0.567. The van der Waals surface area contributed by atoms with E-state index in [0.29, 0.717) is 36.6 Å². The number of hydrogen-bond donors (Lipinski definition) is 2. The second-order valence-corrected chi connectivity index (χ2v) is 13.3. The molecule has 5 rings (SSSR count). The number of rotatable bonds is 10. The van der Waals surface area contributed by atoms with E-state index in [2.05, 4.69) is 32.0 Å². The molecule has 11 heteroatoms. The van der Waals surface area contributed by atoms with Crippen LogP contribution < -0.4 is 15.5 Å². The third-order valence-corrected chi connectivity index (χ3v) is 8.67. The van der Waals surface area contributed by atoms with Gasteiger partial charge in [-0.05, 0) is 73.9 Å². The molecule has 9 nitrogen and oxygen atoms in total. The fourth-order valence-corrected chi connectivity index (χ4v) is 6.51. The summed E-state index contributed by atoms with van der Waals surface area (Å²) in [6.45, 7) is 6.85. The third-order valence-electron chi connectivity index (χ3n) is 6.86. The molecule has 1 unspecified atom stereocenters. The van der Waals surface area contributed by atoms with Gasteiger partial charge in [0.2, 0.25) is 5.91 Å². The molecular weight excluding hydrogens is 583 g/mol. The minimum Gasteiger partial charge on any atom is -0.460 e. The van der Waals surface area contributed by atoms with Gasteiger partial charge in [-0.1, -0.05) is 24.3 Å². The van der Waals surface area contributed by atoms with Crippen molar-refractivity contribution in [1.82, 2.24) is 15.3 Å². The number of fused-ring (bicyclic) bond motifs is 1. The van der Waals surface area contributed by atoms with Crippen LogP contribution in [0.5, 0.6) is 0 Å². The smallest absolute Gasteiger partial charge is 0.306 e. The number of hydrogen-bond acceptors (Lipinski definition) is 9. The number of aromatic nitrogens is 2. The van der Waals surface area contributed by atoms with Crippen LogP contribution in [0.15, 0.2) is 65.5 Å². The number of anilines is 2. The number of thiazole rings is 1. The molecular formula is C32H35N5O4S2. The van der Waals surface area contributed by atoms with Crippen LogP contribution >= 0.6 is 22.7 Å². The highest BCUT2D eigenvalue weighted by molar-refractivity contribution is 7.10. The summed E-state index contributed by atoms with van der Waals surface area (Å²) in [5, 5.41) is 10.7. The van der Waals surface area contributed by atoms with Crippen LogP contribution in [0.1, 0.15) is 77.5 Å². The summed E-state index contributed by atoms with van der Waals surface area (Å²) in [7, 11) is 0. The Labute approximate surface area is 259 Å². The average Bonchev–Trinajstić information content (AvgIpc) is 3.62. The van der Waals surface area contributed by atoms with E-state index in [9.17, 15) is 14.4 Å². The van der Waals surface area contributed by atoms with Crippen molar-refractivity contribution in [2.75, 3.05) is 10.2 Å². The van der Waals surface area contributed by atoms with Gasteiger partial charge in [0.15, 0.2) is 0 Å². The predicted octanol–water partition coefficient (Wildman–Crippen LogP) is 6.28. The lowest BCUT2D eigenvalue weighted by molar-refractivity contribution is -0.155. The van der Waals surface area contributed by atoms with Crippen molar-refractivity contribution in [2.45, 2.75) is 71.2 Å². The van der Waals surface area contributed by atoms with Gasteiger partial charge in [-0.15, -0.1) is 22.7 Å².